The van der Waals surface area contributed by atoms with Crippen molar-refractivity contribution in [3.63, 3.8) is 0 Å². The molecule has 1 amide bonds. The van der Waals surface area contributed by atoms with Crippen LogP contribution in [0.25, 0.3) is 5.82 Å². The van der Waals surface area contributed by atoms with E-state index in [2.05, 4.69) is 25.5 Å². The van der Waals surface area contributed by atoms with Gasteiger partial charge in [-0.05, 0) is 43.2 Å². The third kappa shape index (κ3) is 4.38. The molecule has 3 heterocycles. The van der Waals surface area contributed by atoms with Crippen LogP contribution in [0.1, 0.15) is 33.0 Å². The van der Waals surface area contributed by atoms with E-state index < -0.39 is 0 Å². The minimum atomic E-state index is -0.338. The van der Waals surface area contributed by atoms with Crippen LogP contribution >= 0.6 is 11.6 Å². The van der Waals surface area contributed by atoms with E-state index in [4.69, 9.17) is 11.6 Å². The smallest absolute Gasteiger partial charge is 0.271 e. The fourth-order valence-electron chi connectivity index (χ4n) is 3.10. The van der Waals surface area contributed by atoms with Crippen LogP contribution in [0.3, 0.4) is 0 Å². The van der Waals surface area contributed by atoms with Gasteiger partial charge >= 0.3 is 0 Å². The summed E-state index contributed by atoms with van der Waals surface area (Å²) in [5.41, 5.74) is 4.04. The Morgan fingerprint density at radius 3 is 2.53 bits per heavy atom. The van der Waals surface area contributed by atoms with Gasteiger partial charge in [-0.3, -0.25) is 4.79 Å². The Kier molecular flexibility index (Phi) is 5.58. The second kappa shape index (κ2) is 8.46. The Morgan fingerprint density at radius 1 is 1.10 bits per heavy atom. The molecule has 0 aliphatic heterocycles. The van der Waals surface area contributed by atoms with Gasteiger partial charge in [-0.2, -0.15) is 10.2 Å². The Morgan fingerprint density at radius 2 is 1.87 bits per heavy atom. The summed E-state index contributed by atoms with van der Waals surface area (Å²) >= 11 is 6.23. The van der Waals surface area contributed by atoms with Gasteiger partial charge in [0.15, 0.2) is 5.82 Å². The summed E-state index contributed by atoms with van der Waals surface area (Å²) in [6, 6.07) is 13.3. The molecule has 3 aromatic heterocycles. The van der Waals surface area contributed by atoms with E-state index in [1.165, 1.54) is 6.33 Å². The van der Waals surface area contributed by atoms with E-state index in [0.29, 0.717) is 23.9 Å². The van der Waals surface area contributed by atoms with Gasteiger partial charge in [0.1, 0.15) is 18.3 Å². The van der Waals surface area contributed by atoms with Crippen LogP contribution in [-0.4, -0.2) is 35.4 Å². The number of hydrogen-bond donors (Lipinski definition) is 1. The molecule has 0 fully saturated rings. The van der Waals surface area contributed by atoms with Gasteiger partial charge in [0, 0.05) is 12.2 Å². The molecule has 152 valence electrons. The topological polar surface area (TPSA) is 90.5 Å². The van der Waals surface area contributed by atoms with Crippen molar-refractivity contribution in [3.05, 3.63) is 88.4 Å². The zero-order chi connectivity index (χ0) is 21.1. The molecule has 0 radical (unpaired) electrons. The first-order valence-electron chi connectivity index (χ1n) is 9.38. The van der Waals surface area contributed by atoms with Gasteiger partial charge in [0.05, 0.1) is 17.3 Å². The van der Waals surface area contributed by atoms with Crippen molar-refractivity contribution in [2.24, 2.45) is 0 Å². The zero-order valence-corrected chi connectivity index (χ0v) is 17.3. The molecule has 9 heteroatoms. The molecule has 4 rings (SSSR count). The fraction of sp³-hybridized carbons (Fsp3) is 0.190. The van der Waals surface area contributed by atoms with Crippen LogP contribution in [0, 0.1) is 13.8 Å². The average molecular weight is 422 g/mol. The third-order valence-electron chi connectivity index (χ3n) is 4.56. The number of carbonyl (C=O) groups excluding carboxylic acids is 1. The molecule has 4 aromatic rings. The highest BCUT2D eigenvalue weighted by molar-refractivity contribution is 6.33. The van der Waals surface area contributed by atoms with E-state index in [9.17, 15) is 4.79 Å². The van der Waals surface area contributed by atoms with Gasteiger partial charge in [0.25, 0.3) is 5.91 Å². The fourth-order valence-corrected chi connectivity index (χ4v) is 3.29. The molecule has 1 aromatic carbocycles. The number of aromatic nitrogens is 6. The molecule has 0 saturated carbocycles. The van der Waals surface area contributed by atoms with Crippen molar-refractivity contribution < 1.29 is 4.79 Å². The summed E-state index contributed by atoms with van der Waals surface area (Å²) in [6.07, 6.45) is 3.18. The highest BCUT2D eigenvalue weighted by Crippen LogP contribution is 2.18. The first kappa shape index (κ1) is 19.8. The lowest BCUT2D eigenvalue weighted by atomic mass is 10.1. The number of aryl methyl sites for hydroxylation is 2. The van der Waals surface area contributed by atoms with Crippen molar-refractivity contribution in [2.45, 2.75) is 26.9 Å². The maximum atomic E-state index is 12.7. The second-order valence-electron chi connectivity index (χ2n) is 6.93. The maximum absolute atomic E-state index is 12.7. The number of nitrogens with zero attached hydrogens (tertiary/aromatic N) is 6. The summed E-state index contributed by atoms with van der Waals surface area (Å²) in [6.45, 7) is 4.85. The van der Waals surface area contributed by atoms with Crippen LogP contribution in [0.2, 0.25) is 5.02 Å². The predicted octanol–water partition coefficient (Wildman–Crippen LogP) is 3.11. The number of nitrogens with one attached hydrogen (secondary N) is 1. The molecule has 0 saturated heterocycles. The molecule has 0 unspecified atom stereocenters. The number of benzene rings is 1. The van der Waals surface area contributed by atoms with Crippen molar-refractivity contribution in [1.82, 2.24) is 34.8 Å². The lowest BCUT2D eigenvalue weighted by molar-refractivity contribution is 0.0946. The largest absolute Gasteiger partial charge is 0.347 e. The minimum absolute atomic E-state index is 0.171. The summed E-state index contributed by atoms with van der Waals surface area (Å²) in [7, 11) is 0. The number of pyridine rings is 1. The highest BCUT2D eigenvalue weighted by atomic mass is 35.5. The van der Waals surface area contributed by atoms with E-state index in [-0.39, 0.29) is 11.6 Å². The van der Waals surface area contributed by atoms with E-state index >= 15 is 0 Å². The van der Waals surface area contributed by atoms with E-state index in [1.54, 1.807) is 27.8 Å². The highest BCUT2D eigenvalue weighted by Gasteiger charge is 2.15. The maximum Gasteiger partial charge on any atom is 0.271 e. The molecule has 0 aliphatic carbocycles. The second-order valence-corrected chi connectivity index (χ2v) is 7.34. The van der Waals surface area contributed by atoms with Crippen LogP contribution < -0.4 is 5.32 Å². The number of rotatable bonds is 6. The van der Waals surface area contributed by atoms with Crippen LogP contribution in [0.15, 0.2) is 55.1 Å². The van der Waals surface area contributed by atoms with Gasteiger partial charge in [-0.15, -0.1) is 0 Å². The number of halogens is 1. The number of carbonyl (C=O) groups is 1. The van der Waals surface area contributed by atoms with E-state index in [1.807, 2.05) is 44.2 Å². The molecule has 0 atom stereocenters. The van der Waals surface area contributed by atoms with Crippen molar-refractivity contribution in [3.8, 4) is 5.82 Å². The Balaban J connectivity index is 1.44. The van der Waals surface area contributed by atoms with E-state index in [0.717, 1.165) is 22.5 Å². The van der Waals surface area contributed by atoms with Gasteiger partial charge < -0.3 is 5.32 Å². The van der Waals surface area contributed by atoms with Crippen molar-refractivity contribution in [1.29, 1.82) is 0 Å². The average Bonchev–Trinajstić information content (AvgIpc) is 3.36. The summed E-state index contributed by atoms with van der Waals surface area (Å²) in [4.78, 5) is 21.0. The summed E-state index contributed by atoms with van der Waals surface area (Å²) in [5, 5.41) is 11.7. The number of amides is 1. The predicted molar refractivity (Wildman–Crippen MR) is 113 cm³/mol. The van der Waals surface area contributed by atoms with Crippen LogP contribution in [-0.2, 0) is 13.1 Å². The molecular formula is C21H20ClN7O. The lowest BCUT2D eigenvalue weighted by Crippen LogP contribution is -2.24. The Hall–Kier alpha value is -3.52. The monoisotopic (exact) mass is 421 g/mol. The molecule has 0 spiro atoms. The molecule has 0 bridgehead atoms. The van der Waals surface area contributed by atoms with Crippen molar-refractivity contribution >= 4 is 17.5 Å². The molecule has 30 heavy (non-hydrogen) atoms. The SMILES string of the molecule is Cc1cc(C)n(-c2ccc(Cl)c(C(=O)NCc3ccc(Cn4cncn4)cc3)n2)n1. The lowest BCUT2D eigenvalue weighted by Gasteiger charge is -2.10. The molecule has 0 aliphatic rings. The summed E-state index contributed by atoms with van der Waals surface area (Å²) < 4.78 is 3.44. The zero-order valence-electron chi connectivity index (χ0n) is 16.6. The normalized spacial score (nSPS) is 10.9. The first-order valence-corrected chi connectivity index (χ1v) is 9.76. The Labute approximate surface area is 178 Å². The minimum Gasteiger partial charge on any atom is -0.347 e. The van der Waals surface area contributed by atoms with Crippen LogP contribution in [0.4, 0.5) is 0 Å². The van der Waals surface area contributed by atoms with Gasteiger partial charge in [0.2, 0.25) is 0 Å². The van der Waals surface area contributed by atoms with Crippen LogP contribution in [0.5, 0.6) is 0 Å². The summed E-state index contributed by atoms with van der Waals surface area (Å²) in [5.74, 6) is 0.211. The quantitative estimate of drug-likeness (QED) is 0.516. The van der Waals surface area contributed by atoms with Crippen molar-refractivity contribution in [2.75, 3.05) is 0 Å². The van der Waals surface area contributed by atoms with Gasteiger partial charge in [-0.1, -0.05) is 35.9 Å². The third-order valence-corrected chi connectivity index (χ3v) is 4.87. The first-order chi connectivity index (χ1) is 14.5. The standard InChI is InChI=1S/C21H20ClN7O/c1-14-9-15(2)29(27-14)19-8-7-18(22)20(26-19)21(30)24-10-16-3-5-17(6-4-16)11-28-13-23-12-25-28/h3-9,12-13H,10-11H2,1-2H3,(H,24,30). The molecule has 8 nitrogen and oxygen atoms in total. The molecular weight excluding hydrogens is 402 g/mol. The Bertz CT molecular complexity index is 1170. The van der Waals surface area contributed by atoms with Gasteiger partial charge in [-0.25, -0.2) is 19.3 Å². The number of hydrogen-bond acceptors (Lipinski definition) is 5. The molecule has 1 N–H and O–H groups in total.